The minimum atomic E-state index is -0.446. The Balaban J connectivity index is 2.23. The molecule has 0 saturated carbocycles. The first-order valence-electron chi connectivity index (χ1n) is 9.66. The van der Waals surface area contributed by atoms with Gasteiger partial charge >= 0.3 is 0 Å². The van der Waals surface area contributed by atoms with Gasteiger partial charge in [0.05, 0.1) is 30.9 Å². The summed E-state index contributed by atoms with van der Waals surface area (Å²) in [5.74, 6) is 0.363. The first-order chi connectivity index (χ1) is 14.0. The third kappa shape index (κ3) is 3.88. The normalized spacial score (nSPS) is 10.6. The molecule has 0 radical (unpaired) electrons. The highest BCUT2D eigenvalue weighted by Gasteiger charge is 2.24. The predicted molar refractivity (Wildman–Crippen MR) is 114 cm³/mol. The molecule has 3 aromatic rings. The van der Waals surface area contributed by atoms with Gasteiger partial charge in [0.25, 0.3) is 5.91 Å². The number of primary amides is 1. The first-order valence-corrected chi connectivity index (χ1v) is 9.66. The van der Waals surface area contributed by atoms with E-state index in [2.05, 4.69) is 17.6 Å². The molecule has 5 nitrogen and oxygen atoms in total. The molecular weight excluding hydrogens is 362 g/mol. The zero-order valence-electron chi connectivity index (χ0n) is 17.0. The van der Waals surface area contributed by atoms with Crippen molar-refractivity contribution in [1.29, 1.82) is 5.26 Å². The Labute approximate surface area is 171 Å². The Kier molecular flexibility index (Phi) is 6.04. The van der Waals surface area contributed by atoms with Gasteiger partial charge in [-0.3, -0.25) is 4.79 Å². The highest BCUT2D eigenvalue weighted by atomic mass is 16.5. The van der Waals surface area contributed by atoms with E-state index in [-0.39, 0.29) is 0 Å². The molecule has 2 N–H and O–H groups in total. The van der Waals surface area contributed by atoms with Gasteiger partial charge in [0.2, 0.25) is 0 Å². The van der Waals surface area contributed by atoms with E-state index in [4.69, 9.17) is 15.7 Å². The van der Waals surface area contributed by atoms with E-state index in [0.717, 1.165) is 46.7 Å². The summed E-state index contributed by atoms with van der Waals surface area (Å²) in [6, 6.07) is 17.3. The molecule has 5 heteroatoms. The quantitative estimate of drug-likeness (QED) is 0.650. The Morgan fingerprint density at radius 2 is 1.86 bits per heavy atom. The van der Waals surface area contributed by atoms with Crippen molar-refractivity contribution in [2.45, 2.75) is 33.2 Å². The van der Waals surface area contributed by atoms with Gasteiger partial charge < -0.3 is 15.0 Å². The fourth-order valence-corrected chi connectivity index (χ4v) is 3.84. The van der Waals surface area contributed by atoms with Gasteiger partial charge in [-0.05, 0) is 37.1 Å². The molecule has 1 heterocycles. The number of benzene rings is 2. The Bertz CT molecular complexity index is 1070. The van der Waals surface area contributed by atoms with Crippen molar-refractivity contribution in [1.82, 2.24) is 4.57 Å². The van der Waals surface area contributed by atoms with Crippen LogP contribution in [0, 0.1) is 18.3 Å². The topological polar surface area (TPSA) is 81.0 Å². The Morgan fingerprint density at radius 3 is 2.45 bits per heavy atom. The fourth-order valence-electron chi connectivity index (χ4n) is 3.84. The number of ether oxygens (including phenoxy) is 1. The number of para-hydroxylation sites is 1. The third-order valence-corrected chi connectivity index (χ3v) is 5.19. The number of rotatable bonds is 7. The van der Waals surface area contributed by atoms with Gasteiger partial charge in [0, 0.05) is 22.5 Å². The van der Waals surface area contributed by atoms with E-state index in [1.807, 2.05) is 43.3 Å². The van der Waals surface area contributed by atoms with E-state index < -0.39 is 5.91 Å². The summed E-state index contributed by atoms with van der Waals surface area (Å²) in [5.41, 5.74) is 11.6. The van der Waals surface area contributed by atoms with E-state index in [0.29, 0.717) is 17.7 Å². The molecule has 0 unspecified atom stereocenters. The van der Waals surface area contributed by atoms with Crippen molar-refractivity contribution in [2.24, 2.45) is 5.73 Å². The molecule has 1 aromatic heterocycles. The number of nitriles is 1. The van der Waals surface area contributed by atoms with Gasteiger partial charge in [0.1, 0.15) is 5.75 Å². The second kappa shape index (κ2) is 8.66. The molecule has 0 aliphatic heterocycles. The average Bonchev–Trinajstić information content (AvgIpc) is 3.00. The van der Waals surface area contributed by atoms with Gasteiger partial charge in [-0.25, -0.2) is 0 Å². The first kappa shape index (κ1) is 20.2. The summed E-state index contributed by atoms with van der Waals surface area (Å²) in [6.07, 6.45) is 1.73. The molecule has 0 bridgehead atoms. The van der Waals surface area contributed by atoms with Crippen molar-refractivity contribution in [3.8, 4) is 22.9 Å². The lowest BCUT2D eigenvalue weighted by atomic mass is 9.97. The van der Waals surface area contributed by atoms with Crippen LogP contribution in [0.2, 0.25) is 0 Å². The third-order valence-electron chi connectivity index (χ3n) is 5.19. The molecule has 148 valence electrons. The van der Waals surface area contributed by atoms with Crippen LogP contribution in [-0.2, 0) is 13.0 Å². The molecule has 0 fully saturated rings. The smallest absolute Gasteiger partial charge is 0.251 e. The SMILES string of the molecule is CCCc1c(-c2ccc(C#N)cc2)c(C(N)=O)c(C)n1Cc1ccccc1OC. The Hall–Kier alpha value is -3.52. The summed E-state index contributed by atoms with van der Waals surface area (Å²) in [7, 11) is 1.66. The summed E-state index contributed by atoms with van der Waals surface area (Å²) in [6.45, 7) is 4.63. The molecule has 0 atom stereocenters. The lowest BCUT2D eigenvalue weighted by Crippen LogP contribution is -2.13. The summed E-state index contributed by atoms with van der Waals surface area (Å²) >= 11 is 0. The molecule has 0 saturated heterocycles. The zero-order chi connectivity index (χ0) is 21.0. The zero-order valence-corrected chi connectivity index (χ0v) is 17.0. The summed E-state index contributed by atoms with van der Waals surface area (Å²) in [5, 5.41) is 9.10. The number of hydrogen-bond acceptors (Lipinski definition) is 3. The molecule has 0 spiro atoms. The van der Waals surface area contributed by atoms with Crippen LogP contribution in [0.15, 0.2) is 48.5 Å². The molecule has 3 rings (SSSR count). The van der Waals surface area contributed by atoms with Crippen LogP contribution in [0.3, 0.4) is 0 Å². The fraction of sp³-hybridized carbons (Fsp3) is 0.250. The van der Waals surface area contributed by atoms with E-state index in [9.17, 15) is 4.79 Å². The van der Waals surface area contributed by atoms with Crippen molar-refractivity contribution in [3.63, 3.8) is 0 Å². The minimum Gasteiger partial charge on any atom is -0.496 e. The minimum absolute atomic E-state index is 0.446. The number of nitrogens with zero attached hydrogens (tertiary/aromatic N) is 2. The van der Waals surface area contributed by atoms with Crippen LogP contribution in [0.25, 0.3) is 11.1 Å². The second-order valence-electron chi connectivity index (χ2n) is 6.98. The average molecular weight is 387 g/mol. The molecular formula is C24H25N3O2. The van der Waals surface area contributed by atoms with Crippen molar-refractivity contribution in [2.75, 3.05) is 7.11 Å². The predicted octanol–water partition coefficient (Wildman–Crippen LogP) is 4.44. The highest BCUT2D eigenvalue weighted by Crippen LogP contribution is 2.35. The second-order valence-corrected chi connectivity index (χ2v) is 6.98. The van der Waals surface area contributed by atoms with Crippen molar-refractivity contribution < 1.29 is 9.53 Å². The summed E-state index contributed by atoms with van der Waals surface area (Å²) < 4.78 is 7.68. The van der Waals surface area contributed by atoms with Crippen LogP contribution >= 0.6 is 0 Å². The summed E-state index contributed by atoms with van der Waals surface area (Å²) in [4.78, 5) is 12.4. The molecule has 2 aromatic carbocycles. The van der Waals surface area contributed by atoms with Gasteiger partial charge in [0.15, 0.2) is 0 Å². The largest absolute Gasteiger partial charge is 0.496 e. The maximum Gasteiger partial charge on any atom is 0.251 e. The molecule has 29 heavy (non-hydrogen) atoms. The number of aromatic nitrogens is 1. The number of carbonyl (C=O) groups is 1. The van der Waals surface area contributed by atoms with Crippen LogP contribution in [0.4, 0.5) is 0 Å². The number of amides is 1. The monoisotopic (exact) mass is 387 g/mol. The maximum atomic E-state index is 12.4. The maximum absolute atomic E-state index is 12.4. The van der Waals surface area contributed by atoms with Crippen molar-refractivity contribution in [3.05, 3.63) is 76.6 Å². The van der Waals surface area contributed by atoms with E-state index >= 15 is 0 Å². The standard InChI is InChI=1S/C24H25N3O2/c1-4-7-20-23(18-12-10-17(14-25)11-13-18)22(24(26)28)16(2)27(20)15-19-8-5-6-9-21(19)29-3/h5-6,8-13H,4,7,15H2,1-3H3,(H2,26,28). The molecule has 0 aliphatic carbocycles. The van der Waals surface area contributed by atoms with Crippen LogP contribution < -0.4 is 10.5 Å². The molecule has 1 amide bonds. The molecule has 0 aliphatic rings. The highest BCUT2D eigenvalue weighted by molar-refractivity contribution is 6.02. The number of nitrogens with two attached hydrogens (primary N) is 1. The van der Waals surface area contributed by atoms with E-state index in [1.165, 1.54) is 0 Å². The van der Waals surface area contributed by atoms with Gasteiger partial charge in [-0.2, -0.15) is 5.26 Å². The van der Waals surface area contributed by atoms with Gasteiger partial charge in [-0.1, -0.05) is 43.7 Å². The van der Waals surface area contributed by atoms with Crippen LogP contribution in [0.1, 0.15) is 46.2 Å². The van der Waals surface area contributed by atoms with Crippen LogP contribution in [0.5, 0.6) is 5.75 Å². The van der Waals surface area contributed by atoms with Crippen LogP contribution in [-0.4, -0.2) is 17.6 Å². The Morgan fingerprint density at radius 1 is 1.17 bits per heavy atom. The number of methoxy groups -OCH3 is 1. The van der Waals surface area contributed by atoms with Crippen molar-refractivity contribution >= 4 is 5.91 Å². The van der Waals surface area contributed by atoms with Gasteiger partial charge in [-0.15, -0.1) is 0 Å². The lowest BCUT2D eigenvalue weighted by molar-refractivity contribution is 0.1000. The van der Waals surface area contributed by atoms with E-state index in [1.54, 1.807) is 19.2 Å². The number of carbonyl (C=O) groups excluding carboxylic acids is 1. The number of hydrogen-bond donors (Lipinski definition) is 1. The lowest BCUT2D eigenvalue weighted by Gasteiger charge is -2.15.